The van der Waals surface area contributed by atoms with E-state index in [1.807, 2.05) is 19.1 Å². The fraction of sp³-hybridized carbons (Fsp3) is 0.333. The van der Waals surface area contributed by atoms with Crippen LogP contribution < -0.4 is 4.74 Å². The lowest BCUT2D eigenvalue weighted by atomic mass is 10.2. The molecule has 0 atom stereocenters. The van der Waals surface area contributed by atoms with Gasteiger partial charge in [0.1, 0.15) is 12.4 Å². The molecule has 0 unspecified atom stereocenters. The van der Waals surface area contributed by atoms with Gasteiger partial charge >= 0.3 is 0 Å². The molecule has 1 aromatic carbocycles. The van der Waals surface area contributed by atoms with E-state index in [-0.39, 0.29) is 6.61 Å². The second-order valence-electron chi connectivity index (χ2n) is 3.84. The van der Waals surface area contributed by atoms with Crippen LogP contribution in [0.3, 0.4) is 0 Å². The van der Waals surface area contributed by atoms with E-state index in [1.165, 1.54) is 11.8 Å². The normalized spacial score (nSPS) is 10.7. The molecule has 0 saturated carbocycles. The number of aromatic nitrogens is 3. The van der Waals surface area contributed by atoms with Crippen LogP contribution in [0.5, 0.6) is 5.75 Å². The first-order valence-corrected chi connectivity index (χ1v) is 7.09. The van der Waals surface area contributed by atoms with Gasteiger partial charge in [-0.3, -0.25) is 5.10 Å². The molecule has 102 valence electrons. The molecule has 2 aromatic rings. The summed E-state index contributed by atoms with van der Waals surface area (Å²) in [5, 5.41) is 16.8. The number of aromatic amines is 1. The minimum absolute atomic E-state index is 0.106. The Morgan fingerprint density at radius 1 is 1.47 bits per heavy atom. The number of aliphatic hydroxyl groups is 1. The summed E-state index contributed by atoms with van der Waals surface area (Å²) in [6.45, 7) is 2.34. The third-order valence-electron chi connectivity index (χ3n) is 2.34. The molecule has 0 aliphatic rings. The van der Waals surface area contributed by atoms with Crippen LogP contribution in [-0.2, 0) is 6.61 Å². The van der Waals surface area contributed by atoms with Gasteiger partial charge < -0.3 is 9.84 Å². The Kier molecular flexibility index (Phi) is 5.07. The SMILES string of the molecule is Cc1cc(OCc2nc(SCCO)n[nH]2)ccc1Cl. The van der Waals surface area contributed by atoms with Crippen LogP contribution in [0.25, 0.3) is 0 Å². The highest BCUT2D eigenvalue weighted by atomic mass is 35.5. The average molecular weight is 300 g/mol. The highest BCUT2D eigenvalue weighted by Gasteiger charge is 2.05. The maximum absolute atomic E-state index is 8.71. The van der Waals surface area contributed by atoms with Gasteiger partial charge in [-0.05, 0) is 30.7 Å². The molecule has 1 aromatic heterocycles. The smallest absolute Gasteiger partial charge is 0.208 e. The highest BCUT2D eigenvalue weighted by Crippen LogP contribution is 2.21. The predicted octanol–water partition coefficient (Wildman–Crippen LogP) is 2.43. The van der Waals surface area contributed by atoms with E-state index in [4.69, 9.17) is 21.4 Å². The third kappa shape index (κ3) is 4.12. The monoisotopic (exact) mass is 299 g/mol. The van der Waals surface area contributed by atoms with Crippen molar-refractivity contribution in [1.82, 2.24) is 15.2 Å². The van der Waals surface area contributed by atoms with Gasteiger partial charge in [-0.25, -0.2) is 4.98 Å². The van der Waals surface area contributed by atoms with Crippen molar-refractivity contribution in [2.24, 2.45) is 0 Å². The summed E-state index contributed by atoms with van der Waals surface area (Å²) in [6, 6.07) is 5.49. The van der Waals surface area contributed by atoms with E-state index in [9.17, 15) is 0 Å². The molecule has 0 aliphatic heterocycles. The second-order valence-corrected chi connectivity index (χ2v) is 5.31. The fourth-order valence-corrected chi connectivity index (χ4v) is 2.08. The fourth-order valence-electron chi connectivity index (χ4n) is 1.40. The van der Waals surface area contributed by atoms with Crippen molar-refractivity contribution >= 4 is 23.4 Å². The largest absolute Gasteiger partial charge is 0.486 e. The maximum atomic E-state index is 8.71. The van der Waals surface area contributed by atoms with Gasteiger partial charge in [0.05, 0.1) is 6.61 Å². The van der Waals surface area contributed by atoms with Gasteiger partial charge in [0.25, 0.3) is 0 Å². The molecule has 0 bridgehead atoms. The molecule has 19 heavy (non-hydrogen) atoms. The Hall–Kier alpha value is -1.24. The van der Waals surface area contributed by atoms with E-state index < -0.39 is 0 Å². The van der Waals surface area contributed by atoms with E-state index >= 15 is 0 Å². The summed E-state index contributed by atoms with van der Waals surface area (Å²) in [5.41, 5.74) is 0.968. The van der Waals surface area contributed by atoms with E-state index in [0.717, 1.165) is 16.3 Å². The lowest BCUT2D eigenvalue weighted by Gasteiger charge is -2.05. The number of aryl methyl sites for hydroxylation is 1. The molecule has 5 nitrogen and oxygen atoms in total. The molecule has 0 saturated heterocycles. The van der Waals surface area contributed by atoms with Crippen molar-refractivity contribution in [3.63, 3.8) is 0 Å². The summed E-state index contributed by atoms with van der Waals surface area (Å²) >= 11 is 7.33. The number of thioether (sulfide) groups is 1. The van der Waals surface area contributed by atoms with Gasteiger partial charge in [0.15, 0.2) is 5.82 Å². The van der Waals surface area contributed by atoms with Gasteiger partial charge in [0.2, 0.25) is 5.16 Å². The number of hydrogen-bond donors (Lipinski definition) is 2. The van der Waals surface area contributed by atoms with Crippen LogP contribution in [0.15, 0.2) is 23.4 Å². The zero-order valence-corrected chi connectivity index (χ0v) is 12.0. The van der Waals surface area contributed by atoms with Crippen LogP contribution in [0.4, 0.5) is 0 Å². The third-order valence-corrected chi connectivity index (χ3v) is 3.59. The van der Waals surface area contributed by atoms with Crippen LogP contribution in [0, 0.1) is 6.92 Å². The maximum Gasteiger partial charge on any atom is 0.208 e. The molecule has 0 amide bonds. The van der Waals surface area contributed by atoms with Crippen molar-refractivity contribution in [3.05, 3.63) is 34.6 Å². The predicted molar refractivity (Wildman–Crippen MR) is 74.7 cm³/mol. The lowest BCUT2D eigenvalue weighted by Crippen LogP contribution is -1.98. The van der Waals surface area contributed by atoms with Crippen molar-refractivity contribution in [1.29, 1.82) is 0 Å². The van der Waals surface area contributed by atoms with Crippen LogP contribution in [0.1, 0.15) is 11.4 Å². The van der Waals surface area contributed by atoms with E-state index in [1.54, 1.807) is 6.07 Å². The number of nitrogens with zero attached hydrogens (tertiary/aromatic N) is 2. The second kappa shape index (κ2) is 6.79. The number of hydrogen-bond acceptors (Lipinski definition) is 5. The highest BCUT2D eigenvalue weighted by molar-refractivity contribution is 7.99. The van der Waals surface area contributed by atoms with E-state index in [2.05, 4.69) is 15.2 Å². The van der Waals surface area contributed by atoms with E-state index in [0.29, 0.717) is 23.3 Å². The first kappa shape index (κ1) is 14.2. The molecule has 2 rings (SSSR count). The molecule has 2 N–H and O–H groups in total. The number of aliphatic hydroxyl groups excluding tert-OH is 1. The summed E-state index contributed by atoms with van der Waals surface area (Å²) in [6.07, 6.45) is 0. The number of rotatable bonds is 6. The zero-order chi connectivity index (χ0) is 13.7. The average Bonchev–Trinajstić information content (AvgIpc) is 2.86. The van der Waals surface area contributed by atoms with Gasteiger partial charge in [-0.15, -0.1) is 5.10 Å². The summed E-state index contributed by atoms with van der Waals surface area (Å²) < 4.78 is 5.59. The van der Waals surface area contributed by atoms with Crippen LogP contribution >= 0.6 is 23.4 Å². The Morgan fingerprint density at radius 3 is 3.05 bits per heavy atom. The summed E-state index contributed by atoms with van der Waals surface area (Å²) in [7, 11) is 0. The van der Waals surface area contributed by atoms with Crippen molar-refractivity contribution in [2.45, 2.75) is 18.7 Å². The molecule has 0 fully saturated rings. The van der Waals surface area contributed by atoms with Gasteiger partial charge in [-0.2, -0.15) is 0 Å². The number of ether oxygens (including phenoxy) is 1. The minimum atomic E-state index is 0.106. The summed E-state index contributed by atoms with van der Waals surface area (Å²) in [4.78, 5) is 4.24. The number of halogens is 1. The quantitative estimate of drug-likeness (QED) is 0.802. The molecular formula is C12H14ClN3O2S. The Balaban J connectivity index is 1.91. The van der Waals surface area contributed by atoms with Crippen molar-refractivity contribution in [3.8, 4) is 5.75 Å². The van der Waals surface area contributed by atoms with Gasteiger partial charge in [-0.1, -0.05) is 23.4 Å². The minimum Gasteiger partial charge on any atom is -0.486 e. The topological polar surface area (TPSA) is 71.0 Å². The Labute approximate surface area is 120 Å². The summed E-state index contributed by atoms with van der Waals surface area (Å²) in [5.74, 6) is 1.96. The molecule has 1 heterocycles. The van der Waals surface area contributed by atoms with Crippen molar-refractivity contribution in [2.75, 3.05) is 12.4 Å². The Bertz CT molecular complexity index is 548. The molecule has 0 spiro atoms. The number of H-pyrrole nitrogens is 1. The van der Waals surface area contributed by atoms with Crippen molar-refractivity contribution < 1.29 is 9.84 Å². The molecule has 0 radical (unpaired) electrons. The zero-order valence-electron chi connectivity index (χ0n) is 10.4. The Morgan fingerprint density at radius 2 is 2.32 bits per heavy atom. The standard InChI is InChI=1S/C12H14ClN3O2S/c1-8-6-9(2-3-10(8)13)18-7-11-14-12(16-15-11)19-5-4-17/h2-3,6,17H,4-5,7H2,1H3,(H,14,15,16). The molecule has 0 aliphatic carbocycles. The lowest BCUT2D eigenvalue weighted by molar-refractivity contribution is 0.296. The van der Waals surface area contributed by atoms with Gasteiger partial charge in [0, 0.05) is 10.8 Å². The first-order chi connectivity index (χ1) is 9.19. The first-order valence-electron chi connectivity index (χ1n) is 5.73. The molecular weight excluding hydrogens is 286 g/mol. The van der Waals surface area contributed by atoms with Crippen LogP contribution in [-0.4, -0.2) is 32.6 Å². The number of nitrogens with one attached hydrogen (secondary N) is 1. The molecule has 7 heteroatoms. The number of benzene rings is 1. The van der Waals surface area contributed by atoms with Crippen LogP contribution in [0.2, 0.25) is 5.02 Å².